The van der Waals surface area contributed by atoms with Crippen LogP contribution in [-0.2, 0) is 13.9 Å². The van der Waals surface area contributed by atoms with Crippen LogP contribution in [0.3, 0.4) is 0 Å². The van der Waals surface area contributed by atoms with Crippen LogP contribution in [0.1, 0.15) is 200 Å². The lowest BCUT2D eigenvalue weighted by atomic mass is 10.0. The van der Waals surface area contributed by atoms with Crippen molar-refractivity contribution in [3.8, 4) is 0 Å². The number of hydrogen-bond acceptors (Lipinski definition) is 6. The molecule has 10 heteroatoms. The first kappa shape index (κ1) is 45.5. The lowest BCUT2D eigenvalue weighted by Crippen LogP contribution is -2.54. The molecule has 0 saturated heterocycles. The van der Waals surface area contributed by atoms with E-state index < -0.39 is 38.3 Å². The van der Waals surface area contributed by atoms with Crippen molar-refractivity contribution < 1.29 is 39.0 Å². The summed E-state index contributed by atoms with van der Waals surface area (Å²) in [5.41, 5.74) is 0. The standard InChI is InChI=1S/C36H74NO8P/c1-3-5-7-9-11-13-15-17-19-21-23-25-27-29-31-33(39)35(40)37-34(36(41)45-46(42,43)44)32(38)30-28-26-24-22-20-18-16-14-12-10-8-6-4-2/h32-34,36,38-39,41H,3-31H2,1-2H3,(H,37,40)(H2,42,43,44)/t32-,33?,34+,36?/m1/s1. The van der Waals surface area contributed by atoms with E-state index in [1.807, 2.05) is 0 Å². The van der Waals surface area contributed by atoms with Crippen LogP contribution in [0.25, 0.3) is 0 Å². The lowest BCUT2D eigenvalue weighted by molar-refractivity contribution is -0.139. The maximum Gasteiger partial charge on any atom is 0.471 e. The minimum atomic E-state index is -5.06. The Bertz CT molecular complexity index is 722. The van der Waals surface area contributed by atoms with Gasteiger partial charge in [0.15, 0.2) is 6.29 Å². The van der Waals surface area contributed by atoms with Crippen LogP contribution in [0.5, 0.6) is 0 Å². The number of carbonyl (C=O) groups is 1. The van der Waals surface area contributed by atoms with Crippen molar-refractivity contribution in [3.05, 3.63) is 0 Å². The average Bonchev–Trinajstić information content (AvgIpc) is 3.01. The predicted molar refractivity (Wildman–Crippen MR) is 188 cm³/mol. The molecule has 0 aromatic rings. The number of unbranched alkanes of at least 4 members (excludes halogenated alkanes) is 25. The van der Waals surface area contributed by atoms with Crippen molar-refractivity contribution >= 4 is 13.7 Å². The van der Waals surface area contributed by atoms with Crippen LogP contribution in [0, 0.1) is 0 Å². The van der Waals surface area contributed by atoms with Crippen molar-refractivity contribution in [1.29, 1.82) is 0 Å². The number of amides is 1. The summed E-state index contributed by atoms with van der Waals surface area (Å²) in [6.07, 6.45) is 27.8. The van der Waals surface area contributed by atoms with Gasteiger partial charge < -0.3 is 30.4 Å². The highest BCUT2D eigenvalue weighted by molar-refractivity contribution is 7.46. The van der Waals surface area contributed by atoms with E-state index in [4.69, 9.17) is 9.79 Å². The number of aliphatic hydroxyl groups excluding tert-OH is 3. The number of rotatable bonds is 35. The van der Waals surface area contributed by atoms with Crippen LogP contribution >= 0.6 is 7.82 Å². The molecule has 6 N–H and O–H groups in total. The van der Waals surface area contributed by atoms with E-state index in [9.17, 15) is 24.7 Å². The Hall–Kier alpha value is -0.540. The Morgan fingerprint density at radius 2 is 0.848 bits per heavy atom. The fraction of sp³-hybridized carbons (Fsp3) is 0.972. The number of nitrogens with one attached hydrogen (secondary N) is 1. The molecule has 9 nitrogen and oxygen atoms in total. The van der Waals surface area contributed by atoms with Crippen molar-refractivity contribution in [2.24, 2.45) is 0 Å². The molecule has 0 aliphatic carbocycles. The van der Waals surface area contributed by atoms with Gasteiger partial charge in [0.1, 0.15) is 12.1 Å². The molecular formula is C36H74NO8P. The molecule has 276 valence electrons. The molecule has 0 bridgehead atoms. The second-order valence-corrected chi connectivity index (χ2v) is 14.7. The van der Waals surface area contributed by atoms with E-state index in [1.165, 1.54) is 122 Å². The molecule has 0 fully saturated rings. The van der Waals surface area contributed by atoms with E-state index in [2.05, 4.69) is 23.7 Å². The molecule has 2 unspecified atom stereocenters. The highest BCUT2D eigenvalue weighted by Crippen LogP contribution is 2.38. The van der Waals surface area contributed by atoms with Gasteiger partial charge in [0.2, 0.25) is 5.91 Å². The summed E-state index contributed by atoms with van der Waals surface area (Å²) in [7, 11) is -5.06. The van der Waals surface area contributed by atoms with Crippen molar-refractivity contribution in [1.82, 2.24) is 5.32 Å². The molecular weight excluding hydrogens is 605 g/mol. The summed E-state index contributed by atoms with van der Waals surface area (Å²) in [6.45, 7) is 4.47. The van der Waals surface area contributed by atoms with Gasteiger partial charge in [-0.15, -0.1) is 0 Å². The first-order valence-electron chi connectivity index (χ1n) is 19.2. The van der Waals surface area contributed by atoms with Gasteiger partial charge >= 0.3 is 7.82 Å². The van der Waals surface area contributed by atoms with Gasteiger partial charge in [-0.05, 0) is 12.8 Å². The topological polar surface area (TPSA) is 157 Å². The molecule has 0 aliphatic heterocycles. The zero-order chi connectivity index (χ0) is 34.3. The number of hydrogen-bond donors (Lipinski definition) is 6. The molecule has 0 heterocycles. The van der Waals surface area contributed by atoms with Crippen LogP contribution < -0.4 is 5.32 Å². The van der Waals surface area contributed by atoms with Crippen LogP contribution in [0.15, 0.2) is 0 Å². The lowest BCUT2D eigenvalue weighted by Gasteiger charge is -2.29. The first-order chi connectivity index (χ1) is 22.1. The first-order valence-corrected chi connectivity index (χ1v) is 20.7. The highest BCUT2D eigenvalue weighted by Gasteiger charge is 2.34. The highest BCUT2D eigenvalue weighted by atomic mass is 31.2. The van der Waals surface area contributed by atoms with Gasteiger partial charge in [-0.3, -0.25) is 9.32 Å². The monoisotopic (exact) mass is 680 g/mol. The molecule has 0 rings (SSSR count). The van der Waals surface area contributed by atoms with E-state index in [-0.39, 0.29) is 12.8 Å². The Labute approximate surface area is 282 Å². The fourth-order valence-corrected chi connectivity index (χ4v) is 6.45. The van der Waals surface area contributed by atoms with E-state index >= 15 is 0 Å². The number of carbonyl (C=O) groups excluding carboxylic acids is 1. The van der Waals surface area contributed by atoms with E-state index in [1.54, 1.807) is 0 Å². The molecule has 4 atom stereocenters. The Balaban J connectivity index is 4.22. The third-order valence-corrected chi connectivity index (χ3v) is 9.50. The van der Waals surface area contributed by atoms with Crippen molar-refractivity contribution in [3.63, 3.8) is 0 Å². The summed E-state index contributed by atoms with van der Waals surface area (Å²) >= 11 is 0. The Kier molecular flexibility index (Phi) is 31.3. The Morgan fingerprint density at radius 1 is 0.543 bits per heavy atom. The number of aliphatic hydroxyl groups is 3. The third-order valence-electron chi connectivity index (χ3n) is 9.01. The largest absolute Gasteiger partial charge is 0.471 e. The van der Waals surface area contributed by atoms with Gasteiger partial charge in [0.05, 0.1) is 6.10 Å². The Morgan fingerprint density at radius 3 is 1.17 bits per heavy atom. The van der Waals surface area contributed by atoms with Crippen LogP contribution in [-0.4, -0.2) is 55.6 Å². The van der Waals surface area contributed by atoms with Crippen LogP contribution in [0.4, 0.5) is 0 Å². The molecule has 0 radical (unpaired) electrons. The smallest absolute Gasteiger partial charge is 0.391 e. The van der Waals surface area contributed by atoms with Crippen molar-refractivity contribution in [2.45, 2.75) is 225 Å². The minimum absolute atomic E-state index is 0.222. The summed E-state index contributed by atoms with van der Waals surface area (Å²) < 4.78 is 15.7. The molecule has 1 amide bonds. The molecule has 46 heavy (non-hydrogen) atoms. The number of phosphoric acid groups is 1. The zero-order valence-electron chi connectivity index (χ0n) is 29.7. The summed E-state index contributed by atoms with van der Waals surface area (Å²) in [5, 5.41) is 33.8. The second kappa shape index (κ2) is 31.7. The quantitative estimate of drug-likeness (QED) is 0.0220. The second-order valence-electron chi connectivity index (χ2n) is 13.5. The van der Waals surface area contributed by atoms with Crippen LogP contribution in [0.2, 0.25) is 0 Å². The van der Waals surface area contributed by atoms with Gasteiger partial charge in [-0.1, -0.05) is 187 Å². The average molecular weight is 680 g/mol. The normalized spacial score (nSPS) is 14.7. The summed E-state index contributed by atoms with van der Waals surface area (Å²) in [4.78, 5) is 30.9. The summed E-state index contributed by atoms with van der Waals surface area (Å²) in [6, 6.07) is -1.47. The summed E-state index contributed by atoms with van der Waals surface area (Å²) in [5.74, 6) is -0.794. The van der Waals surface area contributed by atoms with Gasteiger partial charge in [0, 0.05) is 0 Å². The van der Waals surface area contributed by atoms with E-state index in [0.29, 0.717) is 12.8 Å². The molecule has 0 saturated carbocycles. The van der Waals surface area contributed by atoms with Crippen molar-refractivity contribution in [2.75, 3.05) is 0 Å². The predicted octanol–water partition coefficient (Wildman–Crippen LogP) is 8.97. The number of phosphoric ester groups is 1. The molecule has 0 aliphatic rings. The van der Waals surface area contributed by atoms with Gasteiger partial charge in [-0.25, -0.2) is 4.57 Å². The fourth-order valence-electron chi connectivity index (χ4n) is 6.04. The van der Waals surface area contributed by atoms with Gasteiger partial charge in [-0.2, -0.15) is 0 Å². The van der Waals surface area contributed by atoms with Gasteiger partial charge in [0.25, 0.3) is 0 Å². The molecule has 0 aromatic heterocycles. The molecule has 0 aromatic carbocycles. The van der Waals surface area contributed by atoms with E-state index in [0.717, 1.165) is 38.5 Å². The molecule has 0 spiro atoms. The maximum absolute atomic E-state index is 12.6. The SMILES string of the molecule is CCCCCCCCCCCCCCCCC(O)C(=O)N[C@H](C(O)OP(=O)(O)O)[C@H](O)CCCCCCCCCCCCCCC. The zero-order valence-corrected chi connectivity index (χ0v) is 30.6. The third kappa shape index (κ3) is 29.6. The minimum Gasteiger partial charge on any atom is -0.391 e. The maximum atomic E-state index is 12.6.